The number of para-hydroxylation sites is 2. The van der Waals surface area contributed by atoms with Crippen LogP contribution in [0.25, 0.3) is 0 Å². The van der Waals surface area contributed by atoms with Crippen molar-refractivity contribution in [2.24, 2.45) is 0 Å². The lowest BCUT2D eigenvalue weighted by Crippen LogP contribution is -2.37. The molecule has 1 atom stereocenters. The van der Waals surface area contributed by atoms with Crippen molar-refractivity contribution in [3.8, 4) is 0 Å². The second-order valence-corrected chi connectivity index (χ2v) is 6.05. The number of halogens is 1. The number of fused-ring (bicyclic) bond motifs is 2. The molecule has 21 heavy (non-hydrogen) atoms. The number of anilines is 2. The van der Waals surface area contributed by atoms with Gasteiger partial charge in [0.05, 0.1) is 11.4 Å². The zero-order valence-electron chi connectivity index (χ0n) is 16.0. The monoisotopic (exact) mass is 324 g/mol. The van der Waals surface area contributed by atoms with E-state index >= 15 is 0 Å². The van der Waals surface area contributed by atoms with Crippen molar-refractivity contribution in [2.45, 2.75) is 22.7 Å². The van der Waals surface area contributed by atoms with Gasteiger partial charge < -0.3 is 9.80 Å². The summed E-state index contributed by atoms with van der Waals surface area (Å²) in [7, 11) is 3.30. The zero-order valence-corrected chi connectivity index (χ0v) is 13.7. The fraction of sp³-hybridized carbons (Fsp3) is 0.294. The summed E-state index contributed by atoms with van der Waals surface area (Å²) in [5.74, 6) is 0. The van der Waals surface area contributed by atoms with Gasteiger partial charge in [0.2, 0.25) is 0 Å². The number of likely N-dealkylation sites (N-methyl/N-ethyl adjacent to an activating group) is 1. The van der Waals surface area contributed by atoms with E-state index in [1.165, 1.54) is 4.90 Å². The number of nitrogens with zero attached hydrogens (tertiary/aromatic N) is 2. The van der Waals surface area contributed by atoms with E-state index in [9.17, 15) is 0 Å². The first-order valence-electron chi connectivity index (χ1n) is 8.55. The molecular formula is C17H21ClN2S. The van der Waals surface area contributed by atoms with Gasteiger partial charge in [0.25, 0.3) is 0 Å². The van der Waals surface area contributed by atoms with Gasteiger partial charge in [-0.25, -0.2) is 0 Å². The van der Waals surface area contributed by atoms with Gasteiger partial charge in [-0.2, -0.15) is 0 Å². The molecule has 0 N–H and O–H groups in total. The van der Waals surface area contributed by atoms with Crippen molar-refractivity contribution < 1.29 is 5.48 Å². The number of hydrogen-bond donors (Lipinski definition) is 0. The van der Waals surface area contributed by atoms with Crippen LogP contribution in [-0.4, -0.2) is 31.6 Å². The summed E-state index contributed by atoms with van der Waals surface area (Å²) < 4.78 is 32.3. The Morgan fingerprint density at radius 2 is 1.62 bits per heavy atom. The average Bonchev–Trinajstić information content (AvgIpc) is 2.53. The molecule has 0 radical (unpaired) electrons. The van der Waals surface area contributed by atoms with E-state index in [4.69, 9.17) is 5.48 Å². The van der Waals surface area contributed by atoms with E-state index in [1.54, 1.807) is 25.9 Å². The third-order valence-electron chi connectivity index (χ3n) is 3.38. The smallest absolute Gasteiger partial charge is 0.0553 e. The molecule has 0 saturated heterocycles. The average molecular weight is 325 g/mol. The van der Waals surface area contributed by atoms with Crippen LogP contribution >= 0.6 is 24.2 Å². The molecule has 1 aliphatic rings. The van der Waals surface area contributed by atoms with Gasteiger partial charge in [0, 0.05) is 27.8 Å². The van der Waals surface area contributed by atoms with E-state index in [2.05, 4.69) is 0 Å². The largest absolute Gasteiger partial charge is 0.338 e. The highest BCUT2D eigenvalue weighted by Gasteiger charge is 2.24. The highest BCUT2D eigenvalue weighted by atomic mass is 35.5. The molecule has 0 spiro atoms. The Morgan fingerprint density at radius 3 is 2.10 bits per heavy atom. The summed E-state index contributed by atoms with van der Waals surface area (Å²) in [5.41, 5.74) is 1.90. The van der Waals surface area contributed by atoms with E-state index in [-0.39, 0.29) is 19.0 Å². The van der Waals surface area contributed by atoms with Crippen LogP contribution in [-0.2, 0) is 0 Å². The maximum Gasteiger partial charge on any atom is 0.0553 e. The van der Waals surface area contributed by atoms with Crippen LogP contribution in [0.1, 0.15) is 12.3 Å². The van der Waals surface area contributed by atoms with E-state index in [0.29, 0.717) is 0 Å². The Hall–Kier alpha value is -1.16. The topological polar surface area (TPSA) is 6.48 Å². The summed E-state index contributed by atoms with van der Waals surface area (Å²) >= 11 is 1.67. The summed E-state index contributed by atoms with van der Waals surface area (Å²) in [5, 5.41) is 0. The summed E-state index contributed by atoms with van der Waals surface area (Å²) in [4.78, 5) is 5.58. The van der Waals surface area contributed by atoms with Gasteiger partial charge >= 0.3 is 0 Å². The van der Waals surface area contributed by atoms with Crippen molar-refractivity contribution in [3.63, 3.8) is 0 Å². The van der Waals surface area contributed by atoms with Crippen molar-refractivity contribution in [1.29, 1.82) is 0 Å². The molecule has 4 heteroatoms. The first-order chi connectivity index (χ1) is 11.2. The first-order valence-corrected chi connectivity index (χ1v) is 7.36. The molecule has 2 aromatic rings. The second-order valence-electron chi connectivity index (χ2n) is 4.96. The van der Waals surface area contributed by atoms with E-state index in [1.807, 2.05) is 53.4 Å². The number of benzene rings is 2. The molecular weight excluding hydrogens is 300 g/mol. The molecule has 112 valence electrons. The summed E-state index contributed by atoms with van der Waals surface area (Å²) in [6.45, 7) is -2.37. The minimum Gasteiger partial charge on any atom is -0.338 e. The van der Waals surface area contributed by atoms with Crippen molar-refractivity contribution in [3.05, 3.63) is 48.5 Å². The molecule has 2 aromatic carbocycles. The maximum absolute atomic E-state index is 8.66. The molecule has 1 unspecified atom stereocenters. The van der Waals surface area contributed by atoms with Crippen molar-refractivity contribution >= 4 is 35.5 Å². The van der Waals surface area contributed by atoms with Gasteiger partial charge in [-0.15, -0.1) is 12.4 Å². The molecule has 1 heterocycles. The Labute approximate surface area is 143 Å². The molecule has 2 nitrogen and oxygen atoms in total. The minimum absolute atomic E-state index is 0. The fourth-order valence-corrected chi connectivity index (χ4v) is 3.34. The van der Waals surface area contributed by atoms with Gasteiger partial charge in [-0.05, 0) is 45.2 Å². The fourth-order valence-electron chi connectivity index (χ4n) is 2.24. The van der Waals surface area contributed by atoms with Crippen LogP contribution in [0.3, 0.4) is 0 Å². The minimum atomic E-state index is -2.43. The van der Waals surface area contributed by atoms with Crippen LogP contribution in [0.5, 0.6) is 0 Å². The highest BCUT2D eigenvalue weighted by Crippen LogP contribution is 2.47. The molecule has 0 amide bonds. The normalized spacial score (nSPS) is 19.1. The second kappa shape index (κ2) is 6.73. The van der Waals surface area contributed by atoms with E-state index in [0.717, 1.165) is 21.2 Å². The van der Waals surface area contributed by atoms with Crippen LogP contribution in [0.15, 0.2) is 58.3 Å². The molecule has 0 aliphatic carbocycles. The van der Waals surface area contributed by atoms with Gasteiger partial charge in [-0.3, -0.25) is 0 Å². The molecule has 0 saturated carbocycles. The molecule has 1 aliphatic heterocycles. The SMILES string of the molecule is Cl.[2H]C([2H])([2H])C([2H])(CN1c2ccccc2Sc2ccccc21)N(C)C. The molecule has 0 aromatic heterocycles. The zero-order chi connectivity index (χ0) is 17.5. The number of hydrogen-bond acceptors (Lipinski definition) is 3. The lowest BCUT2D eigenvalue weighted by molar-refractivity contribution is 0.319. The quantitative estimate of drug-likeness (QED) is 0.810. The van der Waals surface area contributed by atoms with Crippen molar-refractivity contribution in [2.75, 3.05) is 25.5 Å². The molecule has 0 fully saturated rings. The van der Waals surface area contributed by atoms with Crippen LogP contribution in [0, 0.1) is 0 Å². The van der Waals surface area contributed by atoms with E-state index < -0.39 is 12.9 Å². The van der Waals surface area contributed by atoms with Crippen LogP contribution in [0.2, 0.25) is 0 Å². The molecule has 3 rings (SSSR count). The Kier molecular flexibility index (Phi) is 3.66. The Balaban J connectivity index is 0.00000225. The van der Waals surface area contributed by atoms with Gasteiger partial charge in [0.15, 0.2) is 0 Å². The summed E-state index contributed by atoms with van der Waals surface area (Å²) in [6, 6.07) is 14.1. The van der Waals surface area contributed by atoms with Gasteiger partial charge in [-0.1, -0.05) is 36.0 Å². The lowest BCUT2D eigenvalue weighted by Gasteiger charge is -2.36. The standard InChI is InChI=1S/C17H20N2S.ClH/c1-13(18(2)3)12-19-14-8-4-6-10-16(14)20-17-11-7-5-9-15(17)19;/h4-11,13H,12H2,1-3H3;1H/i1D3,13D;. The van der Waals surface area contributed by atoms with Gasteiger partial charge in [0.1, 0.15) is 0 Å². The predicted octanol–water partition coefficient (Wildman–Crippen LogP) is 4.66. The van der Waals surface area contributed by atoms with Crippen LogP contribution in [0.4, 0.5) is 11.4 Å². The summed E-state index contributed by atoms with van der Waals surface area (Å²) in [6.07, 6.45) is 0. The maximum atomic E-state index is 8.66. The molecule has 0 bridgehead atoms. The highest BCUT2D eigenvalue weighted by molar-refractivity contribution is 7.99. The first kappa shape index (κ1) is 11.4. The predicted molar refractivity (Wildman–Crippen MR) is 94.4 cm³/mol. The Morgan fingerprint density at radius 1 is 1.10 bits per heavy atom. The van der Waals surface area contributed by atoms with Crippen molar-refractivity contribution in [1.82, 2.24) is 4.90 Å². The third-order valence-corrected chi connectivity index (χ3v) is 4.51. The van der Waals surface area contributed by atoms with Crippen LogP contribution < -0.4 is 4.90 Å². The lowest BCUT2D eigenvalue weighted by atomic mass is 10.2. The Bertz CT molecular complexity index is 708. The number of rotatable bonds is 3. The third kappa shape index (κ3) is 3.20.